The summed E-state index contributed by atoms with van der Waals surface area (Å²) in [6.07, 6.45) is 4.42. The number of nitrogens with zero attached hydrogens (tertiary/aromatic N) is 5. The highest BCUT2D eigenvalue weighted by molar-refractivity contribution is 7.11. The Bertz CT molecular complexity index is 1410. The van der Waals surface area contributed by atoms with Crippen molar-refractivity contribution in [2.45, 2.75) is 32.2 Å². The molecule has 10 nitrogen and oxygen atoms in total. The van der Waals surface area contributed by atoms with Crippen LogP contribution in [0.5, 0.6) is 0 Å². The second-order valence-electron chi connectivity index (χ2n) is 8.71. The van der Waals surface area contributed by atoms with Crippen LogP contribution in [0.4, 0.5) is 11.4 Å². The molecule has 2 aromatic carbocycles. The van der Waals surface area contributed by atoms with Crippen molar-refractivity contribution in [2.24, 2.45) is 11.0 Å². The predicted octanol–water partition coefficient (Wildman–Crippen LogP) is 5.70. The van der Waals surface area contributed by atoms with Crippen molar-refractivity contribution in [2.75, 3.05) is 0 Å². The summed E-state index contributed by atoms with van der Waals surface area (Å²) >= 11 is 1.26. The summed E-state index contributed by atoms with van der Waals surface area (Å²) in [6, 6.07) is 12.2. The number of nitro groups is 2. The quantitative estimate of drug-likeness (QED) is 0.324. The number of hydrogen-bond donors (Lipinski definition) is 0. The molecule has 1 aromatic heterocycles. The van der Waals surface area contributed by atoms with E-state index in [4.69, 9.17) is 5.10 Å². The summed E-state index contributed by atoms with van der Waals surface area (Å²) in [5.41, 5.74) is 5.62. The van der Waals surface area contributed by atoms with Gasteiger partial charge < -0.3 is 0 Å². The lowest BCUT2D eigenvalue weighted by atomic mass is 9.77. The lowest BCUT2D eigenvalue weighted by Gasteiger charge is -2.29. The summed E-state index contributed by atoms with van der Waals surface area (Å²) in [5.74, 6) is -0.336. The van der Waals surface area contributed by atoms with Gasteiger partial charge in [-0.15, -0.1) is 11.3 Å². The van der Waals surface area contributed by atoms with Gasteiger partial charge in [-0.3, -0.25) is 25.0 Å². The zero-order valence-corrected chi connectivity index (χ0v) is 20.1. The van der Waals surface area contributed by atoms with Crippen LogP contribution >= 0.6 is 11.3 Å². The molecule has 0 saturated heterocycles. The highest BCUT2D eigenvalue weighted by Crippen LogP contribution is 2.45. The van der Waals surface area contributed by atoms with Crippen LogP contribution in [0.1, 0.15) is 51.8 Å². The molecule has 1 saturated carbocycles. The van der Waals surface area contributed by atoms with Gasteiger partial charge in [0.05, 0.1) is 32.8 Å². The molecule has 0 radical (unpaired) electrons. The summed E-state index contributed by atoms with van der Waals surface area (Å²) < 4.78 is 0. The predicted molar refractivity (Wildman–Crippen MR) is 135 cm³/mol. The van der Waals surface area contributed by atoms with Crippen molar-refractivity contribution in [1.82, 2.24) is 9.99 Å². The van der Waals surface area contributed by atoms with Crippen molar-refractivity contribution >= 4 is 40.4 Å². The smallest absolute Gasteiger partial charge is 0.266 e. The summed E-state index contributed by atoms with van der Waals surface area (Å²) in [6.45, 7) is 1.78. The van der Waals surface area contributed by atoms with Gasteiger partial charge in [-0.2, -0.15) is 5.10 Å². The van der Waals surface area contributed by atoms with Crippen LogP contribution in [0, 0.1) is 33.1 Å². The first kappa shape index (κ1) is 23.5. The van der Waals surface area contributed by atoms with Crippen molar-refractivity contribution < 1.29 is 14.6 Å². The normalized spacial score (nSPS) is 20.2. The second-order valence-corrected chi connectivity index (χ2v) is 9.57. The highest BCUT2D eigenvalue weighted by atomic mass is 32.1. The number of aromatic nitrogens is 1. The summed E-state index contributed by atoms with van der Waals surface area (Å²) in [7, 11) is 0. The van der Waals surface area contributed by atoms with E-state index < -0.39 is 15.9 Å². The van der Waals surface area contributed by atoms with Crippen LogP contribution in [0.3, 0.4) is 0 Å². The number of hydrogen-bond acceptors (Lipinski definition) is 8. The molecule has 0 spiro atoms. The lowest BCUT2D eigenvalue weighted by Crippen LogP contribution is -2.31. The number of carbonyl (C=O) groups excluding carboxylic acids is 1. The average molecular weight is 504 g/mol. The van der Waals surface area contributed by atoms with E-state index in [-0.39, 0.29) is 23.2 Å². The molecule has 3 aromatic rings. The van der Waals surface area contributed by atoms with Crippen molar-refractivity contribution in [3.8, 4) is 0 Å². The molecule has 0 N–H and O–H groups in total. The van der Waals surface area contributed by atoms with Gasteiger partial charge in [0.2, 0.25) is 0 Å². The number of carbonyl (C=O) groups is 1. The number of hydrazone groups is 1. The minimum Gasteiger partial charge on any atom is -0.266 e. The van der Waals surface area contributed by atoms with Crippen LogP contribution in [0.15, 0.2) is 64.7 Å². The van der Waals surface area contributed by atoms with E-state index in [1.54, 1.807) is 36.7 Å². The van der Waals surface area contributed by atoms with Crippen LogP contribution in [-0.4, -0.2) is 31.5 Å². The number of benzene rings is 2. The fourth-order valence-electron chi connectivity index (χ4n) is 4.80. The summed E-state index contributed by atoms with van der Waals surface area (Å²) in [5, 5.41) is 28.5. The van der Waals surface area contributed by atoms with E-state index in [2.05, 4.69) is 4.98 Å². The van der Waals surface area contributed by atoms with Gasteiger partial charge in [0.1, 0.15) is 4.88 Å². The Hall–Kier alpha value is -4.25. The largest absolute Gasteiger partial charge is 0.286 e. The van der Waals surface area contributed by atoms with Crippen LogP contribution in [0.2, 0.25) is 0 Å². The van der Waals surface area contributed by atoms with Crippen LogP contribution < -0.4 is 0 Å². The third-order valence-corrected chi connectivity index (χ3v) is 7.46. The molecule has 2 atom stereocenters. The molecule has 36 heavy (non-hydrogen) atoms. The number of non-ortho nitro benzene ring substituents is 2. The molecule has 1 amide bonds. The number of rotatable bonds is 5. The molecule has 2 aliphatic rings. The fourth-order valence-corrected chi connectivity index (χ4v) is 5.53. The van der Waals surface area contributed by atoms with E-state index >= 15 is 0 Å². The second kappa shape index (κ2) is 9.42. The number of thiazole rings is 1. The number of allylic oxidation sites excluding steroid dienone is 1. The Morgan fingerprint density at radius 3 is 2.28 bits per heavy atom. The average Bonchev–Trinajstić information content (AvgIpc) is 3.48. The topological polar surface area (TPSA) is 132 Å². The number of aryl methyl sites for hydroxylation is 1. The molecular formula is C25H21N5O5S. The fraction of sp³-hybridized carbons (Fsp3) is 0.240. The van der Waals surface area contributed by atoms with Crippen molar-refractivity contribution in [1.29, 1.82) is 0 Å². The first-order chi connectivity index (χ1) is 17.3. The zero-order chi connectivity index (χ0) is 25.4. The minimum atomic E-state index is -0.449. The van der Waals surface area contributed by atoms with E-state index in [1.165, 1.54) is 40.6 Å². The van der Waals surface area contributed by atoms with E-state index in [0.29, 0.717) is 10.6 Å². The zero-order valence-electron chi connectivity index (χ0n) is 19.2. The molecule has 11 heteroatoms. The first-order valence-corrected chi connectivity index (χ1v) is 12.2. The van der Waals surface area contributed by atoms with Gasteiger partial charge in [-0.05, 0) is 61.1 Å². The maximum absolute atomic E-state index is 13.6. The number of fused-ring (bicyclic) bond motifs is 1. The van der Waals surface area contributed by atoms with E-state index in [1.807, 2.05) is 6.08 Å². The third-order valence-electron chi connectivity index (χ3n) is 6.54. The molecule has 2 heterocycles. The highest BCUT2D eigenvalue weighted by Gasteiger charge is 2.44. The molecule has 1 fully saturated rings. The van der Waals surface area contributed by atoms with Crippen molar-refractivity contribution in [3.63, 3.8) is 0 Å². The van der Waals surface area contributed by atoms with Gasteiger partial charge in [0.25, 0.3) is 17.3 Å². The summed E-state index contributed by atoms with van der Waals surface area (Å²) in [4.78, 5) is 39.6. The lowest BCUT2D eigenvalue weighted by molar-refractivity contribution is -0.385. The van der Waals surface area contributed by atoms with Gasteiger partial charge in [0.15, 0.2) is 0 Å². The van der Waals surface area contributed by atoms with E-state index in [0.717, 1.165) is 41.7 Å². The third kappa shape index (κ3) is 4.29. The van der Waals surface area contributed by atoms with Gasteiger partial charge >= 0.3 is 0 Å². The van der Waals surface area contributed by atoms with Crippen LogP contribution in [-0.2, 0) is 0 Å². The molecule has 1 aliphatic carbocycles. The Morgan fingerprint density at radius 1 is 1.06 bits per heavy atom. The Kier molecular flexibility index (Phi) is 6.15. The Labute approximate surface area is 209 Å². The van der Waals surface area contributed by atoms with Gasteiger partial charge in [0, 0.05) is 30.2 Å². The molecule has 5 rings (SSSR count). The molecule has 182 valence electrons. The molecular weight excluding hydrogens is 482 g/mol. The molecule has 2 unspecified atom stereocenters. The Balaban J connectivity index is 1.55. The standard InChI is InChI=1S/C25H21N5O5S/c1-15-24(36-14-26-15)25(31)28-23(17-7-11-20(12-8-17)30(34)35)21-4-2-3-18(22(21)27-28)13-16-5-9-19(10-6-16)29(32)33/h5-14,21,23H,2-4H2,1H3/b18-13+. The number of amides is 1. The minimum absolute atomic E-state index is 0.0172. The monoisotopic (exact) mass is 503 g/mol. The first-order valence-electron chi connectivity index (χ1n) is 11.4. The van der Waals surface area contributed by atoms with Gasteiger partial charge in [-0.25, -0.2) is 9.99 Å². The van der Waals surface area contributed by atoms with Crippen molar-refractivity contribution in [3.05, 3.63) is 102 Å². The maximum Gasteiger partial charge on any atom is 0.286 e. The molecule has 1 aliphatic heterocycles. The SMILES string of the molecule is Cc1ncsc1C(=O)N1N=C2/C(=C/c3ccc([N+](=O)[O-])cc3)CCCC2C1c1ccc([N+](=O)[O-])cc1. The van der Waals surface area contributed by atoms with Crippen LogP contribution in [0.25, 0.3) is 6.08 Å². The van der Waals surface area contributed by atoms with E-state index in [9.17, 15) is 25.0 Å². The van der Waals surface area contributed by atoms with Gasteiger partial charge in [-0.1, -0.05) is 12.1 Å². The maximum atomic E-state index is 13.6. The number of nitro benzene ring substituents is 2. The Morgan fingerprint density at radius 2 is 1.69 bits per heavy atom. The molecule has 0 bridgehead atoms.